The number of unbranched alkanes of at least 4 members (excludes halogenated alkanes) is 7. The molecular weight excluding hydrogens is 344 g/mol. The van der Waals surface area contributed by atoms with E-state index in [9.17, 15) is 4.79 Å². The molecule has 0 atom stereocenters. The van der Waals surface area contributed by atoms with Gasteiger partial charge < -0.3 is 4.74 Å². The third-order valence-corrected chi connectivity index (χ3v) is 5.21. The first-order chi connectivity index (χ1) is 13.7. The Morgan fingerprint density at radius 2 is 1.21 bits per heavy atom. The van der Waals surface area contributed by atoms with Crippen molar-refractivity contribution in [2.45, 2.75) is 78.1 Å². The van der Waals surface area contributed by atoms with Gasteiger partial charge in [0.2, 0.25) is 0 Å². The number of carbonyl (C=O) groups is 1. The fourth-order valence-corrected chi connectivity index (χ4v) is 3.37. The SMILES string of the molecule is CCCCCCCCOC(=O)c1ccc(-c2ccc(CCCCC)cc2)cc1. The highest BCUT2D eigenvalue weighted by atomic mass is 16.5. The maximum Gasteiger partial charge on any atom is 0.338 e. The molecule has 0 saturated carbocycles. The van der Waals surface area contributed by atoms with Gasteiger partial charge in [-0.1, -0.05) is 95.2 Å². The molecule has 0 aliphatic rings. The van der Waals surface area contributed by atoms with Crippen molar-refractivity contribution in [1.29, 1.82) is 0 Å². The van der Waals surface area contributed by atoms with Crippen molar-refractivity contribution in [3.63, 3.8) is 0 Å². The maximum absolute atomic E-state index is 12.2. The summed E-state index contributed by atoms with van der Waals surface area (Å²) in [6.45, 7) is 4.97. The Morgan fingerprint density at radius 3 is 1.86 bits per heavy atom. The lowest BCUT2D eigenvalue weighted by molar-refractivity contribution is 0.0497. The summed E-state index contributed by atoms with van der Waals surface area (Å²) in [5.41, 5.74) is 4.34. The minimum atomic E-state index is -0.216. The Kier molecular flexibility index (Phi) is 10.4. The lowest BCUT2D eigenvalue weighted by atomic mass is 10.0. The normalized spacial score (nSPS) is 10.8. The van der Waals surface area contributed by atoms with Crippen LogP contribution < -0.4 is 0 Å². The molecule has 0 heterocycles. The molecule has 28 heavy (non-hydrogen) atoms. The van der Waals surface area contributed by atoms with Crippen LogP contribution in [0.4, 0.5) is 0 Å². The first-order valence-electron chi connectivity index (χ1n) is 11.1. The maximum atomic E-state index is 12.2. The van der Waals surface area contributed by atoms with Crippen LogP contribution in [0.15, 0.2) is 48.5 Å². The summed E-state index contributed by atoms with van der Waals surface area (Å²) in [6, 6.07) is 16.5. The standard InChI is InChI=1S/C26H36O2/c1-3-5-7-8-9-11-21-28-26(27)25-19-17-24(18-20-25)23-15-13-22(14-16-23)12-10-6-4-2/h13-20H,3-12,21H2,1-2H3. The summed E-state index contributed by atoms with van der Waals surface area (Å²) in [5, 5.41) is 0. The fraction of sp³-hybridized carbons (Fsp3) is 0.500. The number of carbonyl (C=O) groups excluding carboxylic acids is 1. The number of benzene rings is 2. The Balaban J connectivity index is 1.78. The van der Waals surface area contributed by atoms with Crippen LogP contribution in [0.3, 0.4) is 0 Å². The number of rotatable bonds is 13. The molecule has 0 aromatic heterocycles. The van der Waals surface area contributed by atoms with E-state index in [-0.39, 0.29) is 5.97 Å². The average Bonchev–Trinajstić information content (AvgIpc) is 2.74. The molecule has 2 aromatic rings. The van der Waals surface area contributed by atoms with Gasteiger partial charge in [-0.05, 0) is 48.1 Å². The Morgan fingerprint density at radius 1 is 0.679 bits per heavy atom. The second kappa shape index (κ2) is 13.1. The molecule has 0 spiro atoms. The molecule has 0 unspecified atom stereocenters. The van der Waals surface area contributed by atoms with Gasteiger partial charge in [0, 0.05) is 0 Å². The highest BCUT2D eigenvalue weighted by Crippen LogP contribution is 2.21. The van der Waals surface area contributed by atoms with Gasteiger partial charge in [0.1, 0.15) is 0 Å². The topological polar surface area (TPSA) is 26.3 Å². The average molecular weight is 381 g/mol. The van der Waals surface area contributed by atoms with Crippen LogP contribution in [0.5, 0.6) is 0 Å². The van der Waals surface area contributed by atoms with E-state index in [4.69, 9.17) is 4.74 Å². The first-order valence-corrected chi connectivity index (χ1v) is 11.1. The molecule has 0 aliphatic heterocycles. The van der Waals surface area contributed by atoms with Gasteiger partial charge in [-0.25, -0.2) is 4.79 Å². The smallest absolute Gasteiger partial charge is 0.338 e. The van der Waals surface area contributed by atoms with E-state index in [1.54, 1.807) is 0 Å². The number of hydrogen-bond donors (Lipinski definition) is 0. The van der Waals surface area contributed by atoms with E-state index in [0.29, 0.717) is 12.2 Å². The lowest BCUT2D eigenvalue weighted by Crippen LogP contribution is -2.06. The predicted octanol–water partition coefficient (Wildman–Crippen LogP) is 7.60. The van der Waals surface area contributed by atoms with E-state index < -0.39 is 0 Å². The van der Waals surface area contributed by atoms with E-state index in [1.165, 1.54) is 56.1 Å². The van der Waals surface area contributed by atoms with Crippen molar-refractivity contribution in [3.8, 4) is 11.1 Å². The summed E-state index contributed by atoms with van der Waals surface area (Å²) < 4.78 is 5.40. The van der Waals surface area contributed by atoms with Gasteiger partial charge >= 0.3 is 5.97 Å². The minimum absolute atomic E-state index is 0.216. The fourth-order valence-electron chi connectivity index (χ4n) is 3.37. The number of ether oxygens (including phenoxy) is 1. The molecule has 0 amide bonds. The molecule has 0 saturated heterocycles. The van der Waals surface area contributed by atoms with Crippen molar-refractivity contribution in [1.82, 2.24) is 0 Å². The van der Waals surface area contributed by atoms with Gasteiger partial charge in [0.25, 0.3) is 0 Å². The van der Waals surface area contributed by atoms with Gasteiger partial charge in [-0.2, -0.15) is 0 Å². The van der Waals surface area contributed by atoms with E-state index >= 15 is 0 Å². The lowest BCUT2D eigenvalue weighted by Gasteiger charge is -2.07. The summed E-state index contributed by atoms with van der Waals surface area (Å²) >= 11 is 0. The molecule has 152 valence electrons. The molecule has 0 N–H and O–H groups in total. The summed E-state index contributed by atoms with van der Waals surface area (Å²) in [7, 11) is 0. The van der Waals surface area contributed by atoms with Crippen molar-refractivity contribution < 1.29 is 9.53 Å². The molecule has 2 heteroatoms. The number of aryl methyl sites for hydroxylation is 1. The monoisotopic (exact) mass is 380 g/mol. The van der Waals surface area contributed by atoms with E-state index in [1.807, 2.05) is 24.3 Å². The van der Waals surface area contributed by atoms with Crippen LogP contribution in [0.25, 0.3) is 11.1 Å². The van der Waals surface area contributed by atoms with Crippen molar-refractivity contribution in [2.24, 2.45) is 0 Å². The van der Waals surface area contributed by atoms with E-state index in [0.717, 1.165) is 24.8 Å². The molecular formula is C26H36O2. The third kappa shape index (κ3) is 7.88. The van der Waals surface area contributed by atoms with Crippen LogP contribution in [-0.2, 0) is 11.2 Å². The van der Waals surface area contributed by atoms with Gasteiger partial charge in [0.05, 0.1) is 12.2 Å². The molecule has 2 nitrogen and oxygen atoms in total. The second-order valence-electron chi connectivity index (χ2n) is 7.64. The Hall–Kier alpha value is -2.09. The van der Waals surface area contributed by atoms with Crippen LogP contribution in [0.2, 0.25) is 0 Å². The molecule has 2 aromatic carbocycles. The molecule has 2 rings (SSSR count). The third-order valence-electron chi connectivity index (χ3n) is 5.21. The van der Waals surface area contributed by atoms with Gasteiger partial charge in [-0.3, -0.25) is 0 Å². The molecule has 0 bridgehead atoms. The Labute approximate surface area is 171 Å². The van der Waals surface area contributed by atoms with E-state index in [2.05, 4.69) is 38.1 Å². The molecule has 0 fully saturated rings. The van der Waals surface area contributed by atoms with Gasteiger partial charge in [-0.15, -0.1) is 0 Å². The second-order valence-corrected chi connectivity index (χ2v) is 7.64. The first kappa shape index (κ1) is 22.2. The minimum Gasteiger partial charge on any atom is -0.462 e. The van der Waals surface area contributed by atoms with Crippen molar-refractivity contribution in [2.75, 3.05) is 6.61 Å². The van der Waals surface area contributed by atoms with Crippen LogP contribution in [0.1, 0.15) is 87.6 Å². The van der Waals surface area contributed by atoms with Crippen molar-refractivity contribution >= 4 is 5.97 Å². The number of hydrogen-bond acceptors (Lipinski definition) is 2. The Bertz CT molecular complexity index is 671. The zero-order valence-electron chi connectivity index (χ0n) is 17.7. The zero-order chi connectivity index (χ0) is 20.0. The van der Waals surface area contributed by atoms with Crippen LogP contribution >= 0.6 is 0 Å². The summed E-state index contributed by atoms with van der Waals surface area (Å²) in [6.07, 6.45) is 12.1. The molecule has 0 radical (unpaired) electrons. The summed E-state index contributed by atoms with van der Waals surface area (Å²) in [5.74, 6) is -0.216. The molecule has 0 aliphatic carbocycles. The summed E-state index contributed by atoms with van der Waals surface area (Å²) in [4.78, 5) is 12.2. The van der Waals surface area contributed by atoms with Crippen molar-refractivity contribution in [3.05, 3.63) is 59.7 Å². The zero-order valence-corrected chi connectivity index (χ0v) is 17.7. The van der Waals surface area contributed by atoms with Gasteiger partial charge in [0.15, 0.2) is 0 Å². The highest BCUT2D eigenvalue weighted by Gasteiger charge is 2.07. The quantitative estimate of drug-likeness (QED) is 0.264. The highest BCUT2D eigenvalue weighted by molar-refractivity contribution is 5.90. The predicted molar refractivity (Wildman–Crippen MR) is 119 cm³/mol. The van der Waals surface area contributed by atoms with Crippen LogP contribution in [-0.4, -0.2) is 12.6 Å². The largest absolute Gasteiger partial charge is 0.462 e. The number of esters is 1. The van der Waals surface area contributed by atoms with Crippen LogP contribution in [0, 0.1) is 0 Å².